The van der Waals surface area contributed by atoms with Gasteiger partial charge in [0.1, 0.15) is 5.69 Å². The summed E-state index contributed by atoms with van der Waals surface area (Å²) >= 11 is 0. The number of piperidine rings is 2. The monoisotopic (exact) mass is 427 g/mol. The Bertz CT molecular complexity index is 1110. The van der Waals surface area contributed by atoms with Crippen LogP contribution < -0.4 is 5.32 Å². The summed E-state index contributed by atoms with van der Waals surface area (Å²) in [6.07, 6.45) is 0. The third-order valence-electron chi connectivity index (χ3n) is 7.60. The molecule has 32 heavy (non-hydrogen) atoms. The summed E-state index contributed by atoms with van der Waals surface area (Å²) in [5, 5.41) is 10.8. The third kappa shape index (κ3) is 3.26. The van der Waals surface area contributed by atoms with E-state index < -0.39 is 0 Å². The van der Waals surface area contributed by atoms with Crippen LogP contribution in [0.2, 0.25) is 0 Å². The molecule has 3 aromatic rings. The molecule has 2 aromatic carbocycles. The zero-order valence-corrected chi connectivity index (χ0v) is 18.4. The molecule has 0 spiro atoms. The highest BCUT2D eigenvalue weighted by Gasteiger charge is 2.55. The van der Waals surface area contributed by atoms with Crippen LogP contribution in [0.5, 0.6) is 0 Å². The molecule has 0 saturated carbocycles. The van der Waals surface area contributed by atoms with Crippen LogP contribution in [-0.4, -0.2) is 71.2 Å². The SMILES string of the molecule is Cc1ccc(-c2cc(C(=O)N[C@@H]3C4CN5CCN(C4)CC3(c3ccccc3)C5)[nH]n2)cc1. The molecule has 0 aliphatic carbocycles. The molecule has 5 heterocycles. The summed E-state index contributed by atoms with van der Waals surface area (Å²) in [6.45, 7) is 8.38. The molecule has 6 heteroatoms. The lowest BCUT2D eigenvalue weighted by atomic mass is 9.64. The number of aromatic amines is 1. The predicted octanol–water partition coefficient (Wildman–Crippen LogP) is 2.68. The molecule has 0 radical (unpaired) electrons. The minimum absolute atomic E-state index is 0.0627. The normalized spacial score (nSPS) is 30.8. The van der Waals surface area contributed by atoms with Gasteiger partial charge in [0.15, 0.2) is 0 Å². The van der Waals surface area contributed by atoms with Crippen molar-refractivity contribution in [1.82, 2.24) is 25.3 Å². The first-order valence-electron chi connectivity index (χ1n) is 11.5. The van der Waals surface area contributed by atoms with Gasteiger partial charge in [-0.3, -0.25) is 9.89 Å². The molecule has 2 unspecified atom stereocenters. The maximum absolute atomic E-state index is 13.4. The summed E-state index contributed by atoms with van der Waals surface area (Å²) in [5.74, 6) is 0.357. The number of carbonyl (C=O) groups is 1. The molecule has 164 valence electrons. The van der Waals surface area contributed by atoms with E-state index in [1.54, 1.807) is 0 Å². The van der Waals surface area contributed by atoms with E-state index in [1.165, 1.54) is 11.1 Å². The molecule has 4 saturated heterocycles. The second-order valence-electron chi connectivity index (χ2n) is 9.74. The maximum atomic E-state index is 13.4. The Kier molecular flexibility index (Phi) is 4.66. The summed E-state index contributed by atoms with van der Waals surface area (Å²) in [4.78, 5) is 18.6. The molecule has 7 rings (SSSR count). The summed E-state index contributed by atoms with van der Waals surface area (Å²) in [5.41, 5.74) is 4.78. The Morgan fingerprint density at radius 1 is 1.03 bits per heavy atom. The number of benzene rings is 2. The van der Waals surface area contributed by atoms with Gasteiger partial charge in [0.05, 0.1) is 5.69 Å². The van der Waals surface area contributed by atoms with Crippen molar-refractivity contribution in [3.8, 4) is 11.3 Å². The first kappa shape index (κ1) is 19.7. The van der Waals surface area contributed by atoms with Gasteiger partial charge in [0.25, 0.3) is 5.91 Å². The van der Waals surface area contributed by atoms with Crippen LogP contribution in [0.1, 0.15) is 21.6 Å². The minimum Gasteiger partial charge on any atom is -0.347 e. The van der Waals surface area contributed by atoms with Gasteiger partial charge in [-0.05, 0) is 18.6 Å². The van der Waals surface area contributed by atoms with E-state index in [1.807, 2.05) is 18.2 Å². The Morgan fingerprint density at radius 3 is 2.41 bits per heavy atom. The van der Waals surface area contributed by atoms with Crippen molar-refractivity contribution in [2.45, 2.75) is 18.4 Å². The van der Waals surface area contributed by atoms with Crippen molar-refractivity contribution in [2.24, 2.45) is 5.92 Å². The zero-order valence-electron chi connectivity index (χ0n) is 18.4. The number of carbonyl (C=O) groups excluding carboxylic acids is 1. The van der Waals surface area contributed by atoms with E-state index in [-0.39, 0.29) is 17.4 Å². The number of nitrogens with zero attached hydrogens (tertiary/aromatic N) is 3. The second-order valence-corrected chi connectivity index (χ2v) is 9.74. The Labute approximate surface area is 188 Å². The lowest BCUT2D eigenvalue weighted by Gasteiger charge is -2.55. The average molecular weight is 428 g/mol. The van der Waals surface area contributed by atoms with E-state index in [0.29, 0.717) is 11.6 Å². The van der Waals surface area contributed by atoms with E-state index in [9.17, 15) is 4.79 Å². The van der Waals surface area contributed by atoms with Gasteiger partial charge >= 0.3 is 0 Å². The number of rotatable bonds is 4. The van der Waals surface area contributed by atoms with Crippen molar-refractivity contribution in [3.63, 3.8) is 0 Å². The molecule has 3 atom stereocenters. The van der Waals surface area contributed by atoms with Crippen molar-refractivity contribution < 1.29 is 4.79 Å². The van der Waals surface area contributed by atoms with Gasteiger partial charge in [0, 0.05) is 62.2 Å². The lowest BCUT2D eigenvalue weighted by Crippen LogP contribution is -2.70. The standard InChI is InChI=1S/C26H29N5O/c1-18-7-9-19(10-8-18)22-13-23(29-28-22)25(32)27-24-20-14-30-11-12-31(15-20)17-26(24,16-30)21-5-3-2-4-6-21/h2-10,13,20,24H,11-12,14-17H2,1H3,(H,27,32)(H,28,29)/t20?,24-,26?/m1/s1. The minimum atomic E-state index is -0.0889. The fourth-order valence-corrected chi connectivity index (χ4v) is 6.10. The van der Waals surface area contributed by atoms with Gasteiger partial charge < -0.3 is 15.1 Å². The molecule has 4 fully saturated rings. The van der Waals surface area contributed by atoms with Crippen LogP contribution in [0.4, 0.5) is 0 Å². The van der Waals surface area contributed by atoms with Gasteiger partial charge in [-0.15, -0.1) is 0 Å². The van der Waals surface area contributed by atoms with Gasteiger partial charge in [-0.2, -0.15) is 5.10 Å². The number of H-pyrrole nitrogens is 1. The highest BCUT2D eigenvalue weighted by Crippen LogP contribution is 2.43. The van der Waals surface area contributed by atoms with Gasteiger partial charge in [0.2, 0.25) is 0 Å². The van der Waals surface area contributed by atoms with Crippen molar-refractivity contribution >= 4 is 5.91 Å². The van der Waals surface area contributed by atoms with Crippen LogP contribution in [-0.2, 0) is 5.41 Å². The Morgan fingerprint density at radius 2 is 1.72 bits per heavy atom. The van der Waals surface area contributed by atoms with Crippen LogP contribution in [0.15, 0.2) is 60.7 Å². The number of fused-ring (bicyclic) bond motifs is 1. The van der Waals surface area contributed by atoms with E-state index in [4.69, 9.17) is 0 Å². The molecular weight excluding hydrogens is 398 g/mol. The Hall–Kier alpha value is -2.96. The predicted molar refractivity (Wildman–Crippen MR) is 125 cm³/mol. The number of amides is 1. The molecule has 4 aliphatic heterocycles. The topological polar surface area (TPSA) is 64.3 Å². The number of aromatic nitrogens is 2. The lowest BCUT2D eigenvalue weighted by molar-refractivity contribution is 0.0179. The molecule has 4 bridgehead atoms. The third-order valence-corrected chi connectivity index (χ3v) is 7.60. The molecule has 1 amide bonds. The number of hydrogen-bond donors (Lipinski definition) is 2. The fraction of sp³-hybridized carbons (Fsp3) is 0.385. The molecular formula is C26H29N5O. The molecule has 6 nitrogen and oxygen atoms in total. The van der Waals surface area contributed by atoms with Crippen LogP contribution in [0.3, 0.4) is 0 Å². The highest BCUT2D eigenvalue weighted by molar-refractivity contribution is 5.93. The first-order valence-corrected chi connectivity index (χ1v) is 11.5. The van der Waals surface area contributed by atoms with Crippen LogP contribution in [0.25, 0.3) is 11.3 Å². The summed E-state index contributed by atoms with van der Waals surface area (Å²) in [6, 6.07) is 21.0. The van der Waals surface area contributed by atoms with Crippen LogP contribution >= 0.6 is 0 Å². The molecule has 4 aliphatic rings. The van der Waals surface area contributed by atoms with Crippen molar-refractivity contribution in [3.05, 3.63) is 77.5 Å². The first-order chi connectivity index (χ1) is 15.6. The summed E-state index contributed by atoms with van der Waals surface area (Å²) < 4.78 is 0. The number of aryl methyl sites for hydroxylation is 1. The number of hydrogen-bond acceptors (Lipinski definition) is 4. The second kappa shape index (κ2) is 7.57. The summed E-state index contributed by atoms with van der Waals surface area (Å²) in [7, 11) is 0. The van der Waals surface area contributed by atoms with Crippen molar-refractivity contribution in [1.29, 1.82) is 0 Å². The number of nitrogens with one attached hydrogen (secondary N) is 2. The van der Waals surface area contributed by atoms with Gasteiger partial charge in [-0.1, -0.05) is 60.2 Å². The molecule has 2 N–H and O–H groups in total. The highest BCUT2D eigenvalue weighted by atomic mass is 16.2. The van der Waals surface area contributed by atoms with E-state index in [2.05, 4.69) is 74.7 Å². The fourth-order valence-electron chi connectivity index (χ4n) is 6.10. The largest absolute Gasteiger partial charge is 0.347 e. The zero-order chi connectivity index (χ0) is 21.7. The van der Waals surface area contributed by atoms with E-state index >= 15 is 0 Å². The Balaban J connectivity index is 1.30. The average Bonchev–Trinajstić information content (AvgIpc) is 3.17. The van der Waals surface area contributed by atoms with Crippen molar-refractivity contribution in [2.75, 3.05) is 39.3 Å². The smallest absolute Gasteiger partial charge is 0.269 e. The van der Waals surface area contributed by atoms with E-state index in [0.717, 1.165) is 50.5 Å². The maximum Gasteiger partial charge on any atom is 0.269 e. The van der Waals surface area contributed by atoms with Gasteiger partial charge in [-0.25, -0.2) is 0 Å². The molecule has 1 aromatic heterocycles. The quantitative estimate of drug-likeness (QED) is 0.672. The van der Waals surface area contributed by atoms with Crippen LogP contribution in [0, 0.1) is 12.8 Å².